The number of aliphatic hydroxyl groups excluding tert-OH is 1. The van der Waals surface area contributed by atoms with Gasteiger partial charge >= 0.3 is 0 Å². The van der Waals surface area contributed by atoms with E-state index >= 15 is 0 Å². The molecule has 0 aliphatic rings. The summed E-state index contributed by atoms with van der Waals surface area (Å²) in [5.41, 5.74) is 2.55. The lowest BCUT2D eigenvalue weighted by Crippen LogP contribution is -2.28. The van der Waals surface area contributed by atoms with Crippen LogP contribution >= 0.6 is 0 Å². The molecule has 0 fully saturated rings. The minimum absolute atomic E-state index is 0.230. The van der Waals surface area contributed by atoms with Crippen molar-refractivity contribution in [3.8, 4) is 5.75 Å². The summed E-state index contributed by atoms with van der Waals surface area (Å²) in [6.45, 7) is 1.43. The fraction of sp³-hybridized carbons (Fsp3) is 0.217. The first kappa shape index (κ1) is 19.1. The summed E-state index contributed by atoms with van der Waals surface area (Å²) in [5, 5.41) is 10.6. The molecule has 1 unspecified atom stereocenters. The summed E-state index contributed by atoms with van der Waals surface area (Å²) in [4.78, 5) is 2.05. The Morgan fingerprint density at radius 2 is 1.56 bits per heavy atom. The lowest BCUT2D eigenvalue weighted by molar-refractivity contribution is 0.104. The Morgan fingerprint density at radius 3 is 2.22 bits per heavy atom. The van der Waals surface area contributed by atoms with Crippen LogP contribution < -0.4 is 4.74 Å². The number of methoxy groups -OCH3 is 1. The quantitative estimate of drug-likeness (QED) is 0.635. The molecule has 3 aromatic rings. The van der Waals surface area contributed by atoms with Crippen LogP contribution in [0.1, 0.15) is 22.8 Å². The molecule has 3 nitrogen and oxygen atoms in total. The minimum atomic E-state index is -0.642. The summed E-state index contributed by atoms with van der Waals surface area (Å²) in [5.74, 6) is 0.565. The van der Waals surface area contributed by atoms with Gasteiger partial charge in [-0.3, -0.25) is 4.90 Å². The molecule has 0 spiro atoms. The molecule has 0 aliphatic carbocycles. The zero-order valence-corrected chi connectivity index (χ0v) is 15.4. The van der Waals surface area contributed by atoms with Gasteiger partial charge in [0.2, 0.25) is 0 Å². The van der Waals surface area contributed by atoms with Crippen molar-refractivity contribution in [1.82, 2.24) is 4.90 Å². The predicted octanol–water partition coefficient (Wildman–Crippen LogP) is 4.57. The van der Waals surface area contributed by atoms with Gasteiger partial charge in [0.1, 0.15) is 11.6 Å². The highest BCUT2D eigenvalue weighted by Crippen LogP contribution is 2.20. The third-order valence-electron chi connectivity index (χ3n) is 4.53. The largest absolute Gasteiger partial charge is 0.497 e. The summed E-state index contributed by atoms with van der Waals surface area (Å²) in [6.07, 6.45) is -0.642. The summed E-state index contributed by atoms with van der Waals surface area (Å²) in [6, 6.07) is 24.1. The molecule has 0 saturated carbocycles. The highest BCUT2D eigenvalue weighted by Gasteiger charge is 2.16. The van der Waals surface area contributed by atoms with Gasteiger partial charge in [0.05, 0.1) is 13.2 Å². The van der Waals surface area contributed by atoms with E-state index in [1.165, 1.54) is 6.07 Å². The van der Waals surface area contributed by atoms with Crippen LogP contribution in [0.2, 0.25) is 0 Å². The van der Waals surface area contributed by atoms with Gasteiger partial charge in [0.15, 0.2) is 0 Å². The van der Waals surface area contributed by atoms with E-state index in [-0.39, 0.29) is 5.82 Å². The second-order valence-electron chi connectivity index (χ2n) is 6.54. The standard InChI is InChI=1S/C23H24FNO2/c1-27-21-13-11-18(12-14-21)15-25(16-20-9-5-6-10-22(20)24)17-23(26)19-7-3-2-4-8-19/h2-14,23,26H,15-17H2,1H3. The molecule has 3 rings (SSSR count). The number of hydrogen-bond donors (Lipinski definition) is 1. The SMILES string of the molecule is COc1ccc(CN(Cc2ccccc2F)CC(O)c2ccccc2)cc1. The van der Waals surface area contributed by atoms with Crippen LogP contribution in [0, 0.1) is 5.82 Å². The maximum atomic E-state index is 14.1. The molecule has 3 aromatic carbocycles. The van der Waals surface area contributed by atoms with Crippen LogP contribution in [0.4, 0.5) is 4.39 Å². The van der Waals surface area contributed by atoms with Crippen LogP contribution in [-0.4, -0.2) is 23.7 Å². The summed E-state index contributed by atoms with van der Waals surface area (Å²) < 4.78 is 19.3. The molecular formula is C23H24FNO2. The lowest BCUT2D eigenvalue weighted by Gasteiger charge is -2.26. The first-order chi connectivity index (χ1) is 13.2. The molecule has 140 valence electrons. The van der Waals surface area contributed by atoms with Crippen LogP contribution in [0.3, 0.4) is 0 Å². The highest BCUT2D eigenvalue weighted by molar-refractivity contribution is 5.27. The van der Waals surface area contributed by atoms with E-state index in [9.17, 15) is 9.50 Å². The van der Waals surface area contributed by atoms with Gasteiger partial charge in [-0.05, 0) is 29.3 Å². The van der Waals surface area contributed by atoms with E-state index in [0.29, 0.717) is 25.2 Å². The lowest BCUT2D eigenvalue weighted by atomic mass is 10.1. The normalized spacial score (nSPS) is 12.1. The van der Waals surface area contributed by atoms with Crippen molar-refractivity contribution in [2.75, 3.05) is 13.7 Å². The zero-order valence-electron chi connectivity index (χ0n) is 15.4. The maximum Gasteiger partial charge on any atom is 0.127 e. The number of aliphatic hydroxyl groups is 1. The Kier molecular flexibility index (Phi) is 6.58. The van der Waals surface area contributed by atoms with Crippen LogP contribution in [0.25, 0.3) is 0 Å². The molecule has 0 amide bonds. The molecule has 1 atom stereocenters. The van der Waals surface area contributed by atoms with E-state index in [4.69, 9.17) is 4.74 Å². The second-order valence-corrected chi connectivity index (χ2v) is 6.54. The van der Waals surface area contributed by atoms with E-state index in [0.717, 1.165) is 16.9 Å². The van der Waals surface area contributed by atoms with Crippen LogP contribution in [0.5, 0.6) is 5.75 Å². The van der Waals surface area contributed by atoms with E-state index < -0.39 is 6.10 Å². The molecule has 0 saturated heterocycles. The van der Waals surface area contributed by atoms with Crippen molar-refractivity contribution in [2.45, 2.75) is 19.2 Å². The topological polar surface area (TPSA) is 32.7 Å². The Bertz CT molecular complexity index is 837. The van der Waals surface area contributed by atoms with Crippen molar-refractivity contribution in [3.05, 3.63) is 101 Å². The van der Waals surface area contributed by atoms with Gasteiger partial charge < -0.3 is 9.84 Å². The number of rotatable bonds is 8. The van der Waals surface area contributed by atoms with Crippen molar-refractivity contribution in [3.63, 3.8) is 0 Å². The Morgan fingerprint density at radius 1 is 0.889 bits per heavy atom. The summed E-state index contributed by atoms with van der Waals surface area (Å²) in [7, 11) is 1.63. The Hall–Kier alpha value is -2.69. The van der Waals surface area contributed by atoms with Gasteiger partial charge in [-0.1, -0.05) is 60.7 Å². The van der Waals surface area contributed by atoms with Crippen molar-refractivity contribution in [1.29, 1.82) is 0 Å². The third-order valence-corrected chi connectivity index (χ3v) is 4.53. The van der Waals surface area contributed by atoms with Crippen LogP contribution in [0.15, 0.2) is 78.9 Å². The molecule has 1 N–H and O–H groups in total. The predicted molar refractivity (Wildman–Crippen MR) is 105 cm³/mol. The molecule has 0 aliphatic heterocycles. The van der Waals surface area contributed by atoms with Crippen molar-refractivity contribution in [2.24, 2.45) is 0 Å². The Labute approximate surface area is 159 Å². The molecule has 4 heteroatoms. The molecule has 0 heterocycles. The Balaban J connectivity index is 1.77. The van der Waals surface area contributed by atoms with E-state index in [1.807, 2.05) is 60.7 Å². The van der Waals surface area contributed by atoms with Crippen molar-refractivity contribution >= 4 is 0 Å². The smallest absolute Gasteiger partial charge is 0.127 e. The van der Waals surface area contributed by atoms with Gasteiger partial charge in [-0.15, -0.1) is 0 Å². The minimum Gasteiger partial charge on any atom is -0.497 e. The fourth-order valence-corrected chi connectivity index (χ4v) is 3.07. The molecule has 0 bridgehead atoms. The molecule has 27 heavy (non-hydrogen) atoms. The first-order valence-electron chi connectivity index (χ1n) is 8.97. The van der Waals surface area contributed by atoms with Gasteiger partial charge in [-0.25, -0.2) is 4.39 Å². The number of nitrogens with zero attached hydrogens (tertiary/aromatic N) is 1. The average Bonchev–Trinajstić information content (AvgIpc) is 2.71. The summed E-state index contributed by atoms with van der Waals surface area (Å²) >= 11 is 0. The van der Waals surface area contributed by atoms with Gasteiger partial charge in [-0.2, -0.15) is 0 Å². The van der Waals surface area contributed by atoms with Gasteiger partial charge in [0, 0.05) is 25.2 Å². The maximum absolute atomic E-state index is 14.1. The number of ether oxygens (including phenoxy) is 1. The fourth-order valence-electron chi connectivity index (χ4n) is 3.07. The van der Waals surface area contributed by atoms with E-state index in [1.54, 1.807) is 19.2 Å². The van der Waals surface area contributed by atoms with E-state index in [2.05, 4.69) is 4.90 Å². The average molecular weight is 365 g/mol. The second kappa shape index (κ2) is 9.31. The molecule has 0 aromatic heterocycles. The molecule has 0 radical (unpaired) electrons. The molecular weight excluding hydrogens is 341 g/mol. The van der Waals surface area contributed by atoms with Crippen LogP contribution in [-0.2, 0) is 13.1 Å². The number of hydrogen-bond acceptors (Lipinski definition) is 3. The number of halogens is 1. The third kappa shape index (κ3) is 5.39. The monoisotopic (exact) mass is 365 g/mol. The zero-order chi connectivity index (χ0) is 19.1. The van der Waals surface area contributed by atoms with Crippen molar-refractivity contribution < 1.29 is 14.2 Å². The first-order valence-corrected chi connectivity index (χ1v) is 8.97. The number of benzene rings is 3. The van der Waals surface area contributed by atoms with Gasteiger partial charge in [0.25, 0.3) is 0 Å². The highest BCUT2D eigenvalue weighted by atomic mass is 19.1.